The Bertz CT molecular complexity index is 328. The topological polar surface area (TPSA) is 49.9 Å². The third-order valence-electron chi connectivity index (χ3n) is 3.62. The van der Waals surface area contributed by atoms with Gasteiger partial charge < -0.3 is 14.5 Å². The highest BCUT2D eigenvalue weighted by molar-refractivity contribution is 5.84. The number of likely N-dealkylation sites (tertiary alicyclic amines) is 1. The number of esters is 1. The zero-order valence-electron chi connectivity index (χ0n) is 11.2. The smallest absolute Gasteiger partial charge is 0.325 e. The summed E-state index contributed by atoms with van der Waals surface area (Å²) in [6, 6.07) is 0.271. The first-order chi connectivity index (χ1) is 8.61. The van der Waals surface area contributed by atoms with Crippen molar-refractivity contribution in [1.82, 2.24) is 9.80 Å². The third-order valence-corrected chi connectivity index (χ3v) is 3.62. The van der Waals surface area contributed by atoms with E-state index in [9.17, 15) is 9.59 Å². The molecule has 1 saturated carbocycles. The standard InChI is InChI=1S/C13H22N2O3/c1-3-18-12(16)9-15(11-4-5-11)13(17)10-6-7-14(2)8-10/h10-11H,3-9H2,1-2H3. The van der Waals surface area contributed by atoms with E-state index in [2.05, 4.69) is 4.90 Å². The van der Waals surface area contributed by atoms with Gasteiger partial charge in [0.05, 0.1) is 12.5 Å². The monoisotopic (exact) mass is 254 g/mol. The molecule has 0 spiro atoms. The fourth-order valence-corrected chi connectivity index (χ4v) is 2.49. The van der Waals surface area contributed by atoms with Crippen molar-refractivity contribution in [1.29, 1.82) is 0 Å². The lowest BCUT2D eigenvalue weighted by atomic mass is 10.1. The van der Waals surface area contributed by atoms with Crippen LogP contribution in [0.25, 0.3) is 0 Å². The Kier molecular flexibility index (Phi) is 4.22. The number of nitrogens with zero attached hydrogens (tertiary/aromatic N) is 2. The minimum absolute atomic E-state index is 0.0602. The van der Waals surface area contributed by atoms with Crippen LogP contribution in [0.5, 0.6) is 0 Å². The molecule has 0 bridgehead atoms. The van der Waals surface area contributed by atoms with Gasteiger partial charge in [0, 0.05) is 12.6 Å². The van der Waals surface area contributed by atoms with Crippen molar-refractivity contribution < 1.29 is 14.3 Å². The molecule has 1 heterocycles. The van der Waals surface area contributed by atoms with Gasteiger partial charge in [-0.25, -0.2) is 0 Å². The molecule has 0 aromatic carbocycles. The van der Waals surface area contributed by atoms with Crippen LogP contribution in [0.4, 0.5) is 0 Å². The van der Waals surface area contributed by atoms with Crippen LogP contribution in [0.1, 0.15) is 26.2 Å². The zero-order valence-corrected chi connectivity index (χ0v) is 11.2. The Morgan fingerprint density at radius 3 is 2.56 bits per heavy atom. The summed E-state index contributed by atoms with van der Waals surface area (Å²) in [6.07, 6.45) is 2.95. The maximum absolute atomic E-state index is 12.4. The number of carbonyl (C=O) groups excluding carboxylic acids is 2. The van der Waals surface area contributed by atoms with Crippen LogP contribution in [0, 0.1) is 5.92 Å². The summed E-state index contributed by atoms with van der Waals surface area (Å²) in [6.45, 7) is 4.06. The predicted octanol–water partition coefficient (Wildman–Crippen LogP) is 0.492. The number of rotatable bonds is 5. The molecule has 0 aromatic rings. The van der Waals surface area contributed by atoms with Crippen molar-refractivity contribution in [3.8, 4) is 0 Å². The Morgan fingerprint density at radius 2 is 2.06 bits per heavy atom. The molecule has 5 nitrogen and oxygen atoms in total. The van der Waals surface area contributed by atoms with Crippen LogP contribution in [0.3, 0.4) is 0 Å². The SMILES string of the molecule is CCOC(=O)CN(C(=O)C1CCN(C)C1)C1CC1. The first-order valence-electron chi connectivity index (χ1n) is 6.76. The molecule has 1 aliphatic carbocycles. The highest BCUT2D eigenvalue weighted by Crippen LogP contribution is 2.29. The zero-order chi connectivity index (χ0) is 13.1. The molecule has 2 aliphatic rings. The molecule has 0 aromatic heterocycles. The van der Waals surface area contributed by atoms with E-state index in [-0.39, 0.29) is 30.4 Å². The van der Waals surface area contributed by atoms with Crippen molar-refractivity contribution in [3.05, 3.63) is 0 Å². The summed E-state index contributed by atoms with van der Waals surface area (Å²) in [5.41, 5.74) is 0. The Morgan fingerprint density at radius 1 is 1.33 bits per heavy atom. The molecule has 1 amide bonds. The van der Waals surface area contributed by atoms with Gasteiger partial charge in [0.15, 0.2) is 0 Å². The van der Waals surface area contributed by atoms with Crippen LogP contribution in [0.15, 0.2) is 0 Å². The fourth-order valence-electron chi connectivity index (χ4n) is 2.49. The summed E-state index contributed by atoms with van der Waals surface area (Å²) in [4.78, 5) is 27.8. The van der Waals surface area contributed by atoms with E-state index in [1.165, 1.54) is 0 Å². The normalized spacial score (nSPS) is 24.0. The summed E-state index contributed by atoms with van der Waals surface area (Å²) >= 11 is 0. The van der Waals surface area contributed by atoms with Crippen molar-refractivity contribution in [2.24, 2.45) is 5.92 Å². The molecule has 2 rings (SSSR count). The number of amides is 1. The minimum atomic E-state index is -0.288. The molecule has 0 N–H and O–H groups in total. The van der Waals surface area contributed by atoms with E-state index in [0.29, 0.717) is 6.61 Å². The minimum Gasteiger partial charge on any atom is -0.465 e. The van der Waals surface area contributed by atoms with Gasteiger partial charge in [-0.2, -0.15) is 0 Å². The van der Waals surface area contributed by atoms with Crippen molar-refractivity contribution in [2.45, 2.75) is 32.2 Å². The van der Waals surface area contributed by atoms with E-state index >= 15 is 0 Å². The van der Waals surface area contributed by atoms with Gasteiger partial charge in [0.25, 0.3) is 0 Å². The molecular weight excluding hydrogens is 232 g/mol. The Balaban J connectivity index is 1.92. The molecule has 2 fully saturated rings. The van der Waals surface area contributed by atoms with E-state index < -0.39 is 0 Å². The Labute approximate surface area is 108 Å². The lowest BCUT2D eigenvalue weighted by Crippen LogP contribution is -2.42. The number of ether oxygens (including phenoxy) is 1. The quantitative estimate of drug-likeness (QED) is 0.670. The number of hydrogen-bond acceptors (Lipinski definition) is 4. The lowest BCUT2D eigenvalue weighted by molar-refractivity contribution is -0.150. The molecule has 18 heavy (non-hydrogen) atoms. The van der Waals surface area contributed by atoms with E-state index in [4.69, 9.17) is 4.74 Å². The first-order valence-corrected chi connectivity index (χ1v) is 6.76. The van der Waals surface area contributed by atoms with E-state index in [0.717, 1.165) is 32.4 Å². The number of carbonyl (C=O) groups is 2. The van der Waals surface area contributed by atoms with Crippen LogP contribution in [0.2, 0.25) is 0 Å². The first kappa shape index (κ1) is 13.3. The van der Waals surface area contributed by atoms with Crippen LogP contribution in [-0.2, 0) is 14.3 Å². The second-order valence-electron chi connectivity index (χ2n) is 5.25. The summed E-state index contributed by atoms with van der Waals surface area (Å²) in [7, 11) is 2.03. The van der Waals surface area contributed by atoms with Gasteiger partial charge in [-0.3, -0.25) is 9.59 Å². The number of hydrogen-bond donors (Lipinski definition) is 0. The molecule has 5 heteroatoms. The van der Waals surface area contributed by atoms with Gasteiger partial charge in [-0.15, -0.1) is 0 Å². The van der Waals surface area contributed by atoms with Gasteiger partial charge in [-0.05, 0) is 39.8 Å². The molecule has 102 valence electrons. The van der Waals surface area contributed by atoms with E-state index in [1.54, 1.807) is 11.8 Å². The third kappa shape index (κ3) is 3.22. The van der Waals surface area contributed by atoms with Crippen LogP contribution >= 0.6 is 0 Å². The van der Waals surface area contributed by atoms with Gasteiger partial charge in [-0.1, -0.05) is 0 Å². The average molecular weight is 254 g/mol. The van der Waals surface area contributed by atoms with E-state index in [1.807, 2.05) is 7.05 Å². The molecule has 0 radical (unpaired) electrons. The maximum atomic E-state index is 12.4. The average Bonchev–Trinajstić information content (AvgIpc) is 3.08. The molecule has 1 unspecified atom stereocenters. The van der Waals surface area contributed by atoms with Crippen molar-refractivity contribution in [3.63, 3.8) is 0 Å². The maximum Gasteiger partial charge on any atom is 0.325 e. The van der Waals surface area contributed by atoms with Gasteiger partial charge in [0.2, 0.25) is 5.91 Å². The molecule has 1 aliphatic heterocycles. The van der Waals surface area contributed by atoms with Crippen LogP contribution in [-0.4, -0.2) is 61.0 Å². The van der Waals surface area contributed by atoms with Crippen LogP contribution < -0.4 is 0 Å². The second kappa shape index (κ2) is 5.69. The summed E-state index contributed by atoms with van der Waals surface area (Å²) in [5.74, 6) is -0.0935. The lowest BCUT2D eigenvalue weighted by Gasteiger charge is -2.24. The highest BCUT2D eigenvalue weighted by atomic mass is 16.5. The van der Waals surface area contributed by atoms with Crippen molar-refractivity contribution in [2.75, 3.05) is 33.3 Å². The van der Waals surface area contributed by atoms with Crippen molar-refractivity contribution >= 4 is 11.9 Å². The second-order valence-corrected chi connectivity index (χ2v) is 5.25. The summed E-state index contributed by atoms with van der Waals surface area (Å²) < 4.78 is 4.94. The molecule has 1 saturated heterocycles. The summed E-state index contributed by atoms with van der Waals surface area (Å²) in [5, 5.41) is 0. The molecular formula is C13H22N2O3. The molecule has 1 atom stereocenters. The Hall–Kier alpha value is -1.10. The largest absolute Gasteiger partial charge is 0.465 e. The van der Waals surface area contributed by atoms with Gasteiger partial charge in [0.1, 0.15) is 6.54 Å². The fraction of sp³-hybridized carbons (Fsp3) is 0.846. The van der Waals surface area contributed by atoms with Gasteiger partial charge >= 0.3 is 5.97 Å². The highest BCUT2D eigenvalue weighted by Gasteiger charge is 2.38. The predicted molar refractivity (Wildman–Crippen MR) is 67.0 cm³/mol.